The standard InChI is InChI=1S/C16H22FNO4/c1-22-12-4-2-10(3-5-12)6-7-18-13-8-11(9-17)14(19)16(21)15(13)20/h2-5,8,13-16,18-21H,6-7,9H2,1H3/t13-,14+,15+,16+/m1/s1. The van der Waals surface area contributed by atoms with E-state index in [1.54, 1.807) is 7.11 Å². The van der Waals surface area contributed by atoms with E-state index in [0.29, 0.717) is 13.0 Å². The lowest BCUT2D eigenvalue weighted by Gasteiger charge is -2.34. The Kier molecular flexibility index (Phi) is 5.90. The maximum absolute atomic E-state index is 12.8. The van der Waals surface area contributed by atoms with E-state index in [0.717, 1.165) is 11.3 Å². The monoisotopic (exact) mass is 311 g/mol. The molecule has 1 aliphatic rings. The van der Waals surface area contributed by atoms with Crippen molar-refractivity contribution in [3.05, 3.63) is 41.5 Å². The highest BCUT2D eigenvalue weighted by molar-refractivity contribution is 5.27. The molecule has 1 aliphatic carbocycles. The van der Waals surface area contributed by atoms with Crippen LogP contribution in [-0.2, 0) is 6.42 Å². The van der Waals surface area contributed by atoms with E-state index in [1.807, 2.05) is 24.3 Å². The van der Waals surface area contributed by atoms with Gasteiger partial charge < -0.3 is 25.4 Å². The van der Waals surface area contributed by atoms with Gasteiger partial charge >= 0.3 is 0 Å². The quantitative estimate of drug-likeness (QED) is 0.564. The van der Waals surface area contributed by atoms with Crippen LogP contribution in [0.2, 0.25) is 0 Å². The van der Waals surface area contributed by atoms with E-state index >= 15 is 0 Å². The van der Waals surface area contributed by atoms with E-state index in [-0.39, 0.29) is 5.57 Å². The van der Waals surface area contributed by atoms with Gasteiger partial charge in [-0.15, -0.1) is 0 Å². The van der Waals surface area contributed by atoms with Crippen LogP contribution in [-0.4, -0.2) is 60.0 Å². The number of nitrogens with one attached hydrogen (secondary N) is 1. The van der Waals surface area contributed by atoms with Gasteiger partial charge in [0.2, 0.25) is 0 Å². The highest BCUT2D eigenvalue weighted by atomic mass is 19.1. The maximum Gasteiger partial charge on any atom is 0.118 e. The van der Waals surface area contributed by atoms with Gasteiger partial charge in [-0.1, -0.05) is 18.2 Å². The Bertz CT molecular complexity index is 505. The van der Waals surface area contributed by atoms with Gasteiger partial charge in [-0.2, -0.15) is 0 Å². The van der Waals surface area contributed by atoms with E-state index in [1.165, 1.54) is 6.08 Å². The molecule has 6 heteroatoms. The Labute approximate surface area is 129 Å². The Morgan fingerprint density at radius 1 is 1.14 bits per heavy atom. The van der Waals surface area contributed by atoms with Crippen LogP contribution in [0.4, 0.5) is 4.39 Å². The van der Waals surface area contributed by atoms with E-state index in [9.17, 15) is 19.7 Å². The number of aliphatic hydroxyl groups excluding tert-OH is 3. The molecular weight excluding hydrogens is 289 g/mol. The predicted octanol–water partition coefficient (Wildman–Crippen LogP) is 0.188. The van der Waals surface area contributed by atoms with Crippen molar-refractivity contribution in [2.45, 2.75) is 30.8 Å². The zero-order chi connectivity index (χ0) is 16.1. The molecule has 0 heterocycles. The fourth-order valence-corrected chi connectivity index (χ4v) is 2.52. The van der Waals surface area contributed by atoms with Gasteiger partial charge in [0.1, 0.15) is 30.7 Å². The van der Waals surface area contributed by atoms with Crippen molar-refractivity contribution in [3.8, 4) is 5.75 Å². The molecule has 5 nitrogen and oxygen atoms in total. The van der Waals surface area contributed by atoms with Crippen molar-refractivity contribution < 1.29 is 24.4 Å². The minimum atomic E-state index is -1.38. The number of hydrogen-bond donors (Lipinski definition) is 4. The summed E-state index contributed by atoms with van der Waals surface area (Å²) in [5.41, 5.74) is 1.19. The van der Waals surface area contributed by atoms with Crippen LogP contribution in [0.3, 0.4) is 0 Å². The molecule has 0 bridgehead atoms. The lowest BCUT2D eigenvalue weighted by molar-refractivity contribution is -0.0628. The molecule has 0 aromatic heterocycles. The topological polar surface area (TPSA) is 82.0 Å². The van der Waals surface area contributed by atoms with Crippen molar-refractivity contribution in [2.75, 3.05) is 20.3 Å². The second-order valence-corrected chi connectivity index (χ2v) is 5.38. The lowest BCUT2D eigenvalue weighted by atomic mass is 9.88. The number of ether oxygens (including phenoxy) is 1. The number of aliphatic hydroxyl groups is 3. The van der Waals surface area contributed by atoms with Crippen molar-refractivity contribution >= 4 is 0 Å². The molecule has 0 radical (unpaired) electrons. The third kappa shape index (κ3) is 3.84. The molecule has 4 atom stereocenters. The number of benzene rings is 1. The minimum absolute atomic E-state index is 0.0970. The number of rotatable bonds is 6. The van der Waals surface area contributed by atoms with Gasteiger partial charge in [-0.05, 0) is 36.2 Å². The summed E-state index contributed by atoms with van der Waals surface area (Å²) in [6.45, 7) is -0.297. The maximum atomic E-state index is 12.8. The first kappa shape index (κ1) is 16.9. The van der Waals surface area contributed by atoms with Crippen molar-refractivity contribution in [1.82, 2.24) is 5.32 Å². The van der Waals surface area contributed by atoms with E-state index in [4.69, 9.17) is 4.74 Å². The molecule has 0 aliphatic heterocycles. The molecule has 0 unspecified atom stereocenters. The Morgan fingerprint density at radius 3 is 2.41 bits per heavy atom. The average molecular weight is 311 g/mol. The van der Waals surface area contributed by atoms with Crippen molar-refractivity contribution in [3.63, 3.8) is 0 Å². The van der Waals surface area contributed by atoms with E-state index < -0.39 is 31.0 Å². The summed E-state index contributed by atoms with van der Waals surface area (Å²) in [5.74, 6) is 0.784. The summed E-state index contributed by atoms with van der Waals surface area (Å²) in [4.78, 5) is 0. The summed E-state index contributed by atoms with van der Waals surface area (Å²) in [5, 5.41) is 32.4. The van der Waals surface area contributed by atoms with Crippen LogP contribution in [0.5, 0.6) is 5.75 Å². The molecule has 0 spiro atoms. The number of alkyl halides is 1. The number of halogens is 1. The fourth-order valence-electron chi connectivity index (χ4n) is 2.52. The minimum Gasteiger partial charge on any atom is -0.497 e. The normalized spacial score (nSPS) is 28.3. The summed E-state index contributed by atoms with van der Waals surface area (Å²) in [7, 11) is 1.61. The second kappa shape index (κ2) is 7.69. The first-order chi connectivity index (χ1) is 10.6. The first-order valence-electron chi connectivity index (χ1n) is 7.24. The molecule has 4 N–H and O–H groups in total. The van der Waals surface area contributed by atoms with E-state index in [2.05, 4.69) is 5.32 Å². The molecule has 0 saturated carbocycles. The SMILES string of the molecule is COc1ccc(CCN[C@@H]2C=C(CF)[C@H](O)[C@H](O)[C@H]2O)cc1. The number of methoxy groups -OCH3 is 1. The molecule has 22 heavy (non-hydrogen) atoms. The summed E-state index contributed by atoms with van der Waals surface area (Å²) in [6, 6.07) is 7.04. The van der Waals surface area contributed by atoms with Crippen LogP contribution in [0, 0.1) is 0 Å². The fraction of sp³-hybridized carbons (Fsp3) is 0.500. The summed E-state index contributed by atoms with van der Waals surface area (Å²) < 4.78 is 17.9. The third-order valence-electron chi connectivity index (χ3n) is 3.92. The zero-order valence-corrected chi connectivity index (χ0v) is 12.4. The van der Waals surface area contributed by atoms with Gasteiger partial charge in [-0.25, -0.2) is 4.39 Å². The van der Waals surface area contributed by atoms with Crippen LogP contribution in [0.25, 0.3) is 0 Å². The van der Waals surface area contributed by atoms with Crippen LogP contribution >= 0.6 is 0 Å². The molecule has 2 rings (SSSR count). The first-order valence-corrected chi connectivity index (χ1v) is 7.24. The molecule has 0 fully saturated rings. The predicted molar refractivity (Wildman–Crippen MR) is 80.6 cm³/mol. The largest absolute Gasteiger partial charge is 0.497 e. The van der Waals surface area contributed by atoms with Crippen molar-refractivity contribution in [2.24, 2.45) is 0 Å². The number of hydrogen-bond acceptors (Lipinski definition) is 5. The Hall–Kier alpha value is -1.47. The summed E-state index contributed by atoms with van der Waals surface area (Å²) in [6.07, 6.45) is -1.73. The third-order valence-corrected chi connectivity index (χ3v) is 3.92. The summed E-state index contributed by atoms with van der Waals surface area (Å²) >= 11 is 0. The highest BCUT2D eigenvalue weighted by Gasteiger charge is 2.36. The Morgan fingerprint density at radius 2 is 1.82 bits per heavy atom. The van der Waals surface area contributed by atoms with Crippen LogP contribution in [0.1, 0.15) is 5.56 Å². The zero-order valence-electron chi connectivity index (χ0n) is 12.4. The molecule has 122 valence electrons. The second-order valence-electron chi connectivity index (χ2n) is 5.38. The van der Waals surface area contributed by atoms with Gasteiger partial charge in [0, 0.05) is 0 Å². The lowest BCUT2D eigenvalue weighted by Crippen LogP contribution is -2.54. The molecule has 0 saturated heterocycles. The van der Waals surface area contributed by atoms with Gasteiger partial charge in [0.05, 0.1) is 13.2 Å². The van der Waals surface area contributed by atoms with Gasteiger partial charge in [0.25, 0.3) is 0 Å². The van der Waals surface area contributed by atoms with Crippen LogP contribution in [0.15, 0.2) is 35.9 Å². The smallest absolute Gasteiger partial charge is 0.118 e. The molecule has 1 aromatic carbocycles. The Balaban J connectivity index is 1.91. The highest BCUT2D eigenvalue weighted by Crippen LogP contribution is 2.21. The molecule has 0 amide bonds. The van der Waals surface area contributed by atoms with Crippen LogP contribution < -0.4 is 10.1 Å². The van der Waals surface area contributed by atoms with Gasteiger partial charge in [0.15, 0.2) is 0 Å². The average Bonchev–Trinajstić information content (AvgIpc) is 2.55. The van der Waals surface area contributed by atoms with Crippen molar-refractivity contribution in [1.29, 1.82) is 0 Å². The molecule has 1 aromatic rings. The molecular formula is C16H22FNO4. The van der Waals surface area contributed by atoms with Gasteiger partial charge in [-0.3, -0.25) is 0 Å².